The summed E-state index contributed by atoms with van der Waals surface area (Å²) in [5, 5.41) is 9.15. The summed E-state index contributed by atoms with van der Waals surface area (Å²) in [6, 6.07) is 0.695. The van der Waals surface area contributed by atoms with Crippen LogP contribution in [-0.4, -0.2) is 81.0 Å². The maximum atomic E-state index is 12.0. The van der Waals surface area contributed by atoms with Crippen LogP contribution in [0.15, 0.2) is 4.99 Å². The molecule has 1 saturated heterocycles. The highest BCUT2D eigenvalue weighted by Gasteiger charge is 2.28. The Bertz CT molecular complexity index is 588. The van der Waals surface area contributed by atoms with Gasteiger partial charge in [0.25, 0.3) is 0 Å². The van der Waals surface area contributed by atoms with Gasteiger partial charge in [0.2, 0.25) is 5.91 Å². The lowest BCUT2D eigenvalue weighted by Crippen LogP contribution is -2.42. The molecule has 0 saturated carbocycles. The summed E-state index contributed by atoms with van der Waals surface area (Å²) in [7, 11) is -2.98. The summed E-state index contributed by atoms with van der Waals surface area (Å²) < 4.78 is 22.9. The van der Waals surface area contributed by atoms with Crippen LogP contribution < -0.4 is 16.0 Å². The summed E-state index contributed by atoms with van der Waals surface area (Å²) >= 11 is 0. The zero-order valence-corrected chi connectivity index (χ0v) is 21.0. The van der Waals surface area contributed by atoms with Gasteiger partial charge in [0.05, 0.1) is 18.1 Å². The fourth-order valence-corrected chi connectivity index (χ4v) is 4.91. The molecule has 1 atom stereocenters. The van der Waals surface area contributed by atoms with E-state index < -0.39 is 9.84 Å². The van der Waals surface area contributed by atoms with Crippen molar-refractivity contribution in [2.24, 2.45) is 4.99 Å². The minimum atomic E-state index is -2.98. The van der Waals surface area contributed by atoms with E-state index in [1.165, 1.54) is 0 Å². The number of halogens is 1. The first-order valence-corrected chi connectivity index (χ1v) is 11.7. The molecule has 1 amide bonds. The average Bonchev–Trinajstić information content (AvgIpc) is 2.89. The molecule has 0 radical (unpaired) electrons. The van der Waals surface area contributed by atoms with Crippen LogP contribution >= 0.6 is 24.0 Å². The molecule has 1 heterocycles. The van der Waals surface area contributed by atoms with Gasteiger partial charge >= 0.3 is 0 Å². The third-order valence-corrected chi connectivity index (χ3v) is 6.31. The molecule has 1 fully saturated rings. The average molecular weight is 532 g/mol. The van der Waals surface area contributed by atoms with Gasteiger partial charge in [0.1, 0.15) is 0 Å². The van der Waals surface area contributed by atoms with Crippen molar-refractivity contribution in [1.29, 1.82) is 0 Å². The van der Waals surface area contributed by atoms with Crippen molar-refractivity contribution in [2.45, 2.75) is 65.6 Å². The van der Waals surface area contributed by atoms with Crippen molar-refractivity contribution >= 4 is 45.7 Å². The molecule has 1 aliphatic rings. The number of rotatable bonds is 10. The number of nitrogens with zero attached hydrogens (tertiary/aromatic N) is 2. The van der Waals surface area contributed by atoms with Crippen LogP contribution in [-0.2, 0) is 14.6 Å². The molecule has 0 spiro atoms. The summed E-state index contributed by atoms with van der Waals surface area (Å²) in [6.07, 6.45) is 0.791. The van der Waals surface area contributed by atoms with Crippen molar-refractivity contribution in [2.75, 3.05) is 37.7 Å². The lowest BCUT2D eigenvalue weighted by Gasteiger charge is -2.29. The number of nitrogens with one attached hydrogen (secondary N) is 3. The molecule has 28 heavy (non-hydrogen) atoms. The van der Waals surface area contributed by atoms with E-state index in [9.17, 15) is 13.2 Å². The quantitative estimate of drug-likeness (QED) is 0.221. The molecule has 10 heteroatoms. The lowest BCUT2D eigenvalue weighted by molar-refractivity contribution is -0.121. The largest absolute Gasteiger partial charge is 0.357 e. The predicted molar refractivity (Wildman–Crippen MR) is 126 cm³/mol. The van der Waals surface area contributed by atoms with Gasteiger partial charge in [-0.05, 0) is 41.0 Å². The van der Waals surface area contributed by atoms with E-state index in [1.54, 1.807) is 0 Å². The van der Waals surface area contributed by atoms with Gasteiger partial charge in [0.15, 0.2) is 15.8 Å². The van der Waals surface area contributed by atoms with Crippen molar-refractivity contribution in [3.63, 3.8) is 0 Å². The van der Waals surface area contributed by atoms with E-state index >= 15 is 0 Å². The van der Waals surface area contributed by atoms with E-state index in [0.717, 1.165) is 13.1 Å². The van der Waals surface area contributed by atoms with Crippen LogP contribution in [0.1, 0.15) is 47.5 Å². The Morgan fingerprint density at radius 1 is 1.18 bits per heavy atom. The molecule has 1 rings (SSSR count). The van der Waals surface area contributed by atoms with Gasteiger partial charge in [-0.2, -0.15) is 0 Å². The monoisotopic (exact) mass is 531 g/mol. The molecule has 0 bridgehead atoms. The zero-order valence-electron chi connectivity index (χ0n) is 17.8. The molecule has 166 valence electrons. The van der Waals surface area contributed by atoms with E-state index in [-0.39, 0.29) is 53.9 Å². The zero-order chi connectivity index (χ0) is 20.4. The van der Waals surface area contributed by atoms with E-state index in [4.69, 9.17) is 0 Å². The highest BCUT2D eigenvalue weighted by Crippen LogP contribution is 2.11. The summed E-state index contributed by atoms with van der Waals surface area (Å²) in [5.41, 5.74) is 0. The second-order valence-corrected chi connectivity index (χ2v) is 9.76. The van der Waals surface area contributed by atoms with Gasteiger partial charge in [-0.25, -0.2) is 8.42 Å². The fraction of sp³-hybridized carbons (Fsp3) is 0.889. The van der Waals surface area contributed by atoms with Gasteiger partial charge in [0, 0.05) is 44.2 Å². The Kier molecular flexibility index (Phi) is 13.3. The van der Waals surface area contributed by atoms with Crippen LogP contribution in [0.5, 0.6) is 0 Å². The second kappa shape index (κ2) is 13.6. The van der Waals surface area contributed by atoms with Gasteiger partial charge in [-0.1, -0.05) is 0 Å². The molecule has 3 N–H and O–H groups in total. The SMILES string of the molecule is CCNC(=NCCN(C(C)C)C(C)C)NCCC(=O)NC1CCS(=O)(=O)C1.I. The standard InChI is InChI=1S/C18H37N5O3S.HI/c1-6-19-18(21-10-11-23(14(2)3)15(4)5)20-9-7-17(24)22-16-8-12-27(25,26)13-16;/h14-16H,6-13H2,1-5H3,(H,22,24)(H2,19,20,21);1H. The lowest BCUT2D eigenvalue weighted by atomic mass is 10.2. The molecule has 0 aromatic rings. The number of carbonyl (C=O) groups is 1. The van der Waals surface area contributed by atoms with Crippen LogP contribution in [0.2, 0.25) is 0 Å². The van der Waals surface area contributed by atoms with Crippen molar-refractivity contribution in [3.8, 4) is 0 Å². The summed E-state index contributed by atoms with van der Waals surface area (Å²) in [5.74, 6) is 0.780. The molecule has 1 unspecified atom stereocenters. The highest BCUT2D eigenvalue weighted by atomic mass is 127. The molecular weight excluding hydrogens is 493 g/mol. The maximum absolute atomic E-state index is 12.0. The Labute approximate surface area is 187 Å². The van der Waals surface area contributed by atoms with Crippen molar-refractivity contribution < 1.29 is 13.2 Å². The molecular formula is C18H38IN5O3S. The van der Waals surface area contributed by atoms with Crippen LogP contribution in [0.4, 0.5) is 0 Å². The van der Waals surface area contributed by atoms with Crippen molar-refractivity contribution in [3.05, 3.63) is 0 Å². The number of sulfone groups is 1. The Morgan fingerprint density at radius 2 is 1.82 bits per heavy atom. The fourth-order valence-electron chi connectivity index (χ4n) is 3.23. The molecule has 0 aromatic heterocycles. The molecule has 0 aliphatic carbocycles. The van der Waals surface area contributed by atoms with E-state index in [0.29, 0.717) is 37.6 Å². The first kappa shape index (κ1) is 27.4. The number of hydrogen-bond donors (Lipinski definition) is 3. The Balaban J connectivity index is 0.00000729. The highest BCUT2D eigenvalue weighted by molar-refractivity contribution is 14.0. The number of amides is 1. The summed E-state index contributed by atoms with van der Waals surface area (Å²) in [4.78, 5) is 19.0. The third-order valence-electron chi connectivity index (χ3n) is 4.54. The normalized spacial score (nSPS) is 19.0. The molecule has 1 aliphatic heterocycles. The number of guanidine groups is 1. The molecule has 0 aromatic carbocycles. The molecule has 8 nitrogen and oxygen atoms in total. The van der Waals surface area contributed by atoms with Gasteiger partial charge in [-0.3, -0.25) is 14.7 Å². The first-order chi connectivity index (χ1) is 12.6. The minimum Gasteiger partial charge on any atom is -0.357 e. The topological polar surface area (TPSA) is 103 Å². The van der Waals surface area contributed by atoms with Crippen LogP contribution in [0.25, 0.3) is 0 Å². The smallest absolute Gasteiger partial charge is 0.222 e. The van der Waals surface area contributed by atoms with Crippen molar-refractivity contribution in [1.82, 2.24) is 20.9 Å². The summed E-state index contributed by atoms with van der Waals surface area (Å²) in [6.45, 7) is 13.5. The number of aliphatic imine (C=N–C) groups is 1. The van der Waals surface area contributed by atoms with Gasteiger partial charge in [-0.15, -0.1) is 24.0 Å². The van der Waals surface area contributed by atoms with Gasteiger partial charge < -0.3 is 16.0 Å². The van der Waals surface area contributed by atoms with E-state index in [2.05, 4.69) is 53.5 Å². The first-order valence-electron chi connectivity index (χ1n) is 9.92. The maximum Gasteiger partial charge on any atom is 0.222 e. The second-order valence-electron chi connectivity index (χ2n) is 7.53. The number of hydrogen-bond acceptors (Lipinski definition) is 5. The minimum absolute atomic E-state index is 0. The van der Waals surface area contributed by atoms with E-state index in [1.807, 2.05) is 6.92 Å². The Morgan fingerprint density at radius 3 is 2.32 bits per heavy atom. The third kappa shape index (κ3) is 10.8. The number of carbonyl (C=O) groups excluding carboxylic acids is 1. The predicted octanol–water partition coefficient (Wildman–Crippen LogP) is 0.972. The Hall–Kier alpha value is -0.620. The van der Waals surface area contributed by atoms with Crippen LogP contribution in [0, 0.1) is 0 Å². The van der Waals surface area contributed by atoms with Crippen LogP contribution in [0.3, 0.4) is 0 Å².